The predicted molar refractivity (Wildman–Crippen MR) is 94.3 cm³/mol. The summed E-state index contributed by atoms with van der Waals surface area (Å²) in [5, 5.41) is 23.6. The van der Waals surface area contributed by atoms with Gasteiger partial charge >= 0.3 is 12.1 Å². The molecule has 0 heterocycles. The highest BCUT2D eigenvalue weighted by Crippen LogP contribution is 2.06. The number of aliphatic hydroxyl groups excluding tert-OH is 1. The summed E-state index contributed by atoms with van der Waals surface area (Å²) in [6, 6.07) is 8.11. The van der Waals surface area contributed by atoms with Crippen LogP contribution in [0.3, 0.4) is 0 Å². The molecule has 0 spiro atoms. The van der Waals surface area contributed by atoms with Gasteiger partial charge in [0.1, 0.15) is 12.6 Å². The molecule has 1 aromatic rings. The van der Waals surface area contributed by atoms with Gasteiger partial charge in [-0.1, -0.05) is 44.2 Å². The number of carboxylic acids is 1. The Morgan fingerprint density at radius 3 is 2.38 bits per heavy atom. The monoisotopic (exact) mass is 366 g/mol. The van der Waals surface area contributed by atoms with Gasteiger partial charge in [0, 0.05) is 6.54 Å². The van der Waals surface area contributed by atoms with E-state index >= 15 is 0 Å². The van der Waals surface area contributed by atoms with Gasteiger partial charge in [-0.25, -0.2) is 9.59 Å². The van der Waals surface area contributed by atoms with Crippen molar-refractivity contribution in [3.63, 3.8) is 0 Å². The molecule has 1 rings (SSSR count). The second-order valence-electron chi connectivity index (χ2n) is 6.39. The number of aliphatic carboxylic acids is 1. The Morgan fingerprint density at radius 2 is 1.81 bits per heavy atom. The van der Waals surface area contributed by atoms with Crippen molar-refractivity contribution < 1.29 is 29.3 Å². The molecule has 8 nitrogen and oxygen atoms in total. The van der Waals surface area contributed by atoms with Crippen LogP contribution in [0.5, 0.6) is 0 Å². The van der Waals surface area contributed by atoms with Crippen LogP contribution in [0, 0.1) is 5.92 Å². The molecule has 0 fully saturated rings. The van der Waals surface area contributed by atoms with Crippen LogP contribution >= 0.6 is 0 Å². The largest absolute Gasteiger partial charge is 0.480 e. The van der Waals surface area contributed by atoms with Crippen LogP contribution in [0.15, 0.2) is 30.3 Å². The van der Waals surface area contributed by atoms with Crippen LogP contribution in [-0.4, -0.2) is 46.9 Å². The van der Waals surface area contributed by atoms with Crippen molar-refractivity contribution in [3.8, 4) is 0 Å². The lowest BCUT2D eigenvalue weighted by Gasteiger charge is -2.18. The van der Waals surface area contributed by atoms with Crippen molar-refractivity contribution >= 4 is 18.0 Å². The minimum absolute atomic E-state index is 0.0960. The van der Waals surface area contributed by atoms with E-state index in [2.05, 4.69) is 10.6 Å². The Kier molecular flexibility index (Phi) is 9.14. The Labute approximate surface area is 152 Å². The number of ether oxygens (including phenoxy) is 1. The zero-order valence-electron chi connectivity index (χ0n) is 15.0. The molecule has 0 aliphatic rings. The zero-order valence-corrected chi connectivity index (χ0v) is 15.0. The molecule has 0 saturated carbocycles. The lowest BCUT2D eigenvalue weighted by atomic mass is 10.0. The lowest BCUT2D eigenvalue weighted by Crippen LogP contribution is -2.44. The molecule has 2 atom stereocenters. The molecule has 2 amide bonds. The number of alkyl carbamates (subject to hydrolysis) is 1. The smallest absolute Gasteiger partial charge is 0.407 e. The Morgan fingerprint density at radius 1 is 1.15 bits per heavy atom. The number of rotatable bonds is 10. The first-order valence-electron chi connectivity index (χ1n) is 8.42. The number of nitrogens with one attached hydrogen (secondary N) is 2. The minimum atomic E-state index is -1.15. The molecule has 0 bridgehead atoms. The van der Waals surface area contributed by atoms with Crippen LogP contribution in [0.25, 0.3) is 0 Å². The summed E-state index contributed by atoms with van der Waals surface area (Å²) in [4.78, 5) is 34.5. The van der Waals surface area contributed by atoms with Crippen molar-refractivity contribution in [2.75, 3.05) is 6.54 Å². The van der Waals surface area contributed by atoms with Crippen molar-refractivity contribution in [1.29, 1.82) is 0 Å². The van der Waals surface area contributed by atoms with Gasteiger partial charge in [0.15, 0.2) is 0 Å². The number of carbonyl (C=O) groups is 3. The third-order valence-corrected chi connectivity index (χ3v) is 3.46. The van der Waals surface area contributed by atoms with Crippen LogP contribution in [0.1, 0.15) is 32.3 Å². The molecular weight excluding hydrogens is 340 g/mol. The molecule has 0 aliphatic carbocycles. The Bertz CT molecular complexity index is 591. The number of aliphatic hydroxyl groups is 1. The van der Waals surface area contributed by atoms with Crippen molar-refractivity contribution in [2.45, 2.75) is 45.4 Å². The SMILES string of the molecule is CC(C)C[C@H](NC(=O)C[C@@H](O)CNC(=O)OCc1ccccc1)C(=O)O. The van der Waals surface area contributed by atoms with Crippen molar-refractivity contribution in [3.05, 3.63) is 35.9 Å². The van der Waals surface area contributed by atoms with Crippen LogP contribution in [0.2, 0.25) is 0 Å². The van der Waals surface area contributed by atoms with E-state index in [1.807, 2.05) is 44.2 Å². The van der Waals surface area contributed by atoms with E-state index in [-0.39, 0.29) is 25.5 Å². The molecule has 0 aliphatic heterocycles. The topological polar surface area (TPSA) is 125 Å². The zero-order chi connectivity index (χ0) is 19.5. The van der Waals surface area contributed by atoms with Crippen molar-refractivity contribution in [2.24, 2.45) is 5.92 Å². The number of carbonyl (C=O) groups excluding carboxylic acids is 2. The Hall–Kier alpha value is -2.61. The lowest BCUT2D eigenvalue weighted by molar-refractivity contribution is -0.142. The predicted octanol–water partition coefficient (Wildman–Crippen LogP) is 1.28. The van der Waals surface area contributed by atoms with E-state index in [0.717, 1.165) is 5.56 Å². The number of hydrogen-bond acceptors (Lipinski definition) is 5. The summed E-state index contributed by atoms with van der Waals surface area (Å²) in [5.41, 5.74) is 0.826. The highest BCUT2D eigenvalue weighted by Gasteiger charge is 2.22. The van der Waals surface area contributed by atoms with Crippen molar-refractivity contribution in [1.82, 2.24) is 10.6 Å². The highest BCUT2D eigenvalue weighted by atomic mass is 16.5. The maximum Gasteiger partial charge on any atom is 0.407 e. The van der Waals surface area contributed by atoms with E-state index in [9.17, 15) is 19.5 Å². The van der Waals surface area contributed by atoms with Gasteiger partial charge in [-0.15, -0.1) is 0 Å². The normalized spacial score (nSPS) is 12.9. The molecule has 1 aromatic carbocycles. The maximum atomic E-state index is 11.8. The summed E-state index contributed by atoms with van der Waals surface area (Å²) < 4.78 is 4.98. The first-order chi connectivity index (χ1) is 12.3. The van der Waals surface area contributed by atoms with E-state index in [4.69, 9.17) is 9.84 Å². The fraction of sp³-hybridized carbons (Fsp3) is 0.500. The highest BCUT2D eigenvalue weighted by molar-refractivity contribution is 5.83. The summed E-state index contributed by atoms with van der Waals surface area (Å²) in [5.74, 6) is -1.61. The molecule has 8 heteroatoms. The number of amides is 2. The second kappa shape index (κ2) is 11.1. The average Bonchev–Trinajstić information content (AvgIpc) is 2.58. The molecular formula is C18H26N2O6. The molecule has 0 aromatic heterocycles. The number of benzene rings is 1. The molecule has 0 saturated heterocycles. The van der Waals surface area contributed by atoms with Crippen LogP contribution in [-0.2, 0) is 20.9 Å². The Balaban J connectivity index is 2.29. The first kappa shape index (κ1) is 21.4. The quantitative estimate of drug-likeness (QED) is 0.494. The first-order valence-corrected chi connectivity index (χ1v) is 8.42. The van der Waals surface area contributed by atoms with Gasteiger partial charge in [0.05, 0.1) is 12.5 Å². The molecule has 0 radical (unpaired) electrons. The van der Waals surface area contributed by atoms with E-state index in [0.29, 0.717) is 6.42 Å². The second-order valence-corrected chi connectivity index (χ2v) is 6.39. The number of hydrogen-bond donors (Lipinski definition) is 4. The standard InChI is InChI=1S/C18H26N2O6/c1-12(2)8-15(17(23)24)20-16(22)9-14(21)10-19-18(25)26-11-13-6-4-3-5-7-13/h3-7,12,14-15,21H,8-11H2,1-2H3,(H,19,25)(H,20,22)(H,23,24)/t14-,15+/m1/s1. The summed E-state index contributed by atoms with van der Waals surface area (Å²) in [6.07, 6.45) is -1.88. The van der Waals surface area contributed by atoms with E-state index in [1.165, 1.54) is 0 Å². The van der Waals surface area contributed by atoms with Gasteiger partial charge in [-0.3, -0.25) is 4.79 Å². The summed E-state index contributed by atoms with van der Waals surface area (Å²) in [6.45, 7) is 3.62. The van der Waals surface area contributed by atoms with Crippen LogP contribution in [0.4, 0.5) is 4.79 Å². The third-order valence-electron chi connectivity index (χ3n) is 3.46. The fourth-order valence-electron chi connectivity index (χ4n) is 2.21. The average molecular weight is 366 g/mol. The van der Waals surface area contributed by atoms with Gasteiger partial charge in [0.2, 0.25) is 5.91 Å². The minimum Gasteiger partial charge on any atom is -0.480 e. The summed E-state index contributed by atoms with van der Waals surface area (Å²) >= 11 is 0. The van der Waals surface area contributed by atoms with Crippen LogP contribution < -0.4 is 10.6 Å². The molecule has 144 valence electrons. The fourth-order valence-corrected chi connectivity index (χ4v) is 2.21. The maximum absolute atomic E-state index is 11.8. The van der Waals surface area contributed by atoms with Gasteiger partial charge in [-0.05, 0) is 17.9 Å². The van der Waals surface area contributed by atoms with Gasteiger partial charge in [-0.2, -0.15) is 0 Å². The van der Waals surface area contributed by atoms with E-state index in [1.54, 1.807) is 0 Å². The molecule has 4 N–H and O–H groups in total. The third kappa shape index (κ3) is 9.03. The molecule has 0 unspecified atom stereocenters. The van der Waals surface area contributed by atoms with Gasteiger partial charge in [0.25, 0.3) is 0 Å². The molecule has 26 heavy (non-hydrogen) atoms. The number of carboxylic acid groups (broad SMARTS) is 1. The van der Waals surface area contributed by atoms with E-state index < -0.39 is 30.1 Å². The van der Waals surface area contributed by atoms with Gasteiger partial charge < -0.3 is 25.6 Å². The summed E-state index contributed by atoms with van der Waals surface area (Å²) in [7, 11) is 0.